The minimum absolute atomic E-state index is 0.244. The lowest BCUT2D eigenvalue weighted by molar-refractivity contribution is 0.602. The molecule has 0 bridgehead atoms. The first-order valence-corrected chi connectivity index (χ1v) is 11.7. The standard InChI is InChI=1S/C22H23N7O2S/c1-13(2)28(5)19-12-11-18(14(3)23-19)24-20-15(4)27-29-21(25-26-22(20)29)16-7-9-17(10-8-16)32(6,30)31/h7-12H,1H2,2-6H3. The summed E-state index contributed by atoms with van der Waals surface area (Å²) in [6.45, 7) is 9.62. The molecule has 0 radical (unpaired) electrons. The fourth-order valence-electron chi connectivity index (χ4n) is 3.20. The Morgan fingerprint density at radius 2 is 1.72 bits per heavy atom. The molecule has 0 atom stereocenters. The zero-order valence-corrected chi connectivity index (χ0v) is 19.3. The molecule has 0 N–H and O–H groups in total. The Kier molecular flexibility index (Phi) is 5.25. The molecule has 0 spiro atoms. The van der Waals surface area contributed by atoms with Crippen molar-refractivity contribution in [3.05, 3.63) is 60.2 Å². The van der Waals surface area contributed by atoms with Crippen molar-refractivity contribution in [1.29, 1.82) is 0 Å². The van der Waals surface area contributed by atoms with Crippen LogP contribution in [0.2, 0.25) is 0 Å². The number of rotatable bonds is 5. The Morgan fingerprint density at radius 3 is 2.31 bits per heavy atom. The Hall–Kier alpha value is -3.66. The van der Waals surface area contributed by atoms with E-state index in [2.05, 4.69) is 26.9 Å². The van der Waals surface area contributed by atoms with Gasteiger partial charge < -0.3 is 4.90 Å². The van der Waals surface area contributed by atoms with Crippen LogP contribution in [0.4, 0.5) is 11.5 Å². The number of pyridine rings is 1. The largest absolute Gasteiger partial charge is 0.334 e. The van der Waals surface area contributed by atoms with Crippen LogP contribution in [0, 0.1) is 6.92 Å². The van der Waals surface area contributed by atoms with E-state index in [1.807, 2.05) is 44.9 Å². The molecule has 0 unspecified atom stereocenters. The molecule has 9 nitrogen and oxygen atoms in total. The summed E-state index contributed by atoms with van der Waals surface area (Å²) >= 11 is 0. The topological polar surface area (TPSA) is 106 Å². The molecule has 32 heavy (non-hydrogen) atoms. The van der Waals surface area contributed by atoms with Crippen molar-refractivity contribution in [3.63, 3.8) is 0 Å². The quantitative estimate of drug-likeness (QED) is 0.591. The van der Waals surface area contributed by atoms with Crippen LogP contribution in [0.1, 0.15) is 25.4 Å². The highest BCUT2D eigenvalue weighted by Crippen LogP contribution is 2.27. The molecule has 0 fully saturated rings. The maximum Gasteiger partial charge on any atom is 0.205 e. The van der Waals surface area contributed by atoms with Crippen LogP contribution in [-0.4, -0.2) is 53.0 Å². The summed E-state index contributed by atoms with van der Waals surface area (Å²) in [6.07, 6.45) is 1.17. The zero-order valence-electron chi connectivity index (χ0n) is 18.5. The molecule has 164 valence electrons. The summed E-state index contributed by atoms with van der Waals surface area (Å²) < 4.78 is 25.0. The molecule has 0 aliphatic carbocycles. The molecule has 1 aromatic carbocycles. The van der Waals surface area contributed by atoms with Crippen molar-refractivity contribution in [1.82, 2.24) is 19.9 Å². The molecular weight excluding hydrogens is 426 g/mol. The Bertz CT molecular complexity index is 1400. The highest BCUT2D eigenvalue weighted by Gasteiger charge is 2.26. The summed E-state index contributed by atoms with van der Waals surface area (Å²) in [5, 5.41) is 13.1. The number of aliphatic imine (C=N–C) groups is 1. The molecule has 0 amide bonds. The predicted molar refractivity (Wildman–Crippen MR) is 125 cm³/mol. The van der Waals surface area contributed by atoms with E-state index in [4.69, 9.17) is 4.99 Å². The van der Waals surface area contributed by atoms with Gasteiger partial charge in [0.05, 0.1) is 22.0 Å². The van der Waals surface area contributed by atoms with Gasteiger partial charge in [0, 0.05) is 24.6 Å². The Morgan fingerprint density at radius 1 is 1.06 bits per heavy atom. The molecule has 3 heterocycles. The van der Waals surface area contributed by atoms with E-state index >= 15 is 0 Å². The summed E-state index contributed by atoms with van der Waals surface area (Å²) in [5.74, 6) is 1.82. The average molecular weight is 450 g/mol. The van der Waals surface area contributed by atoms with Crippen LogP contribution in [-0.2, 0) is 9.84 Å². The number of aryl methyl sites for hydroxylation is 1. The van der Waals surface area contributed by atoms with Gasteiger partial charge >= 0.3 is 0 Å². The van der Waals surface area contributed by atoms with Gasteiger partial charge in [-0.3, -0.25) is 0 Å². The maximum absolute atomic E-state index is 11.7. The third kappa shape index (κ3) is 3.84. The van der Waals surface area contributed by atoms with Gasteiger partial charge in [-0.15, -0.1) is 10.2 Å². The summed E-state index contributed by atoms with van der Waals surface area (Å²) in [7, 11) is -1.36. The second kappa shape index (κ2) is 7.79. The van der Waals surface area contributed by atoms with Gasteiger partial charge in [0.2, 0.25) is 5.82 Å². The minimum Gasteiger partial charge on any atom is -0.334 e. The number of allylic oxidation sites excluding steroid dienone is 1. The third-order valence-corrected chi connectivity index (χ3v) is 6.31. The normalized spacial score (nSPS) is 14.4. The van der Waals surface area contributed by atoms with Crippen molar-refractivity contribution < 1.29 is 8.42 Å². The number of sulfone groups is 1. The monoisotopic (exact) mass is 449 g/mol. The van der Waals surface area contributed by atoms with Crippen LogP contribution in [0.5, 0.6) is 0 Å². The Labute approximate surface area is 186 Å². The maximum atomic E-state index is 11.7. The lowest BCUT2D eigenvalue weighted by Crippen LogP contribution is -2.15. The van der Waals surface area contributed by atoms with Gasteiger partial charge in [-0.2, -0.15) is 9.78 Å². The van der Waals surface area contributed by atoms with Gasteiger partial charge in [0.1, 0.15) is 11.5 Å². The molecule has 0 saturated carbocycles. The van der Waals surface area contributed by atoms with Crippen LogP contribution in [0.25, 0.3) is 11.4 Å². The highest BCUT2D eigenvalue weighted by molar-refractivity contribution is 7.90. The van der Waals surface area contributed by atoms with E-state index in [-0.39, 0.29) is 4.90 Å². The predicted octanol–water partition coefficient (Wildman–Crippen LogP) is 3.38. The molecule has 2 aromatic heterocycles. The second-order valence-electron chi connectivity index (χ2n) is 7.67. The first-order valence-electron chi connectivity index (χ1n) is 9.84. The van der Waals surface area contributed by atoms with Crippen LogP contribution < -0.4 is 4.90 Å². The fraction of sp³-hybridized carbons (Fsp3) is 0.227. The van der Waals surface area contributed by atoms with E-state index in [9.17, 15) is 8.42 Å². The highest BCUT2D eigenvalue weighted by atomic mass is 32.2. The molecule has 0 saturated heterocycles. The number of aromatic nitrogens is 4. The minimum atomic E-state index is -3.27. The zero-order chi connectivity index (χ0) is 23.2. The molecular formula is C22H23N7O2S. The Balaban J connectivity index is 1.70. The molecule has 3 aromatic rings. The molecule has 1 aliphatic heterocycles. The van der Waals surface area contributed by atoms with Crippen molar-refractivity contribution in [3.8, 4) is 11.4 Å². The van der Waals surface area contributed by atoms with Gasteiger partial charge in [0.25, 0.3) is 0 Å². The van der Waals surface area contributed by atoms with E-state index in [0.29, 0.717) is 34.3 Å². The van der Waals surface area contributed by atoms with Gasteiger partial charge in [-0.25, -0.2) is 18.4 Å². The van der Waals surface area contributed by atoms with Crippen molar-refractivity contribution in [2.45, 2.75) is 25.7 Å². The van der Waals surface area contributed by atoms with Gasteiger partial charge in [-0.05, 0) is 57.2 Å². The summed E-state index contributed by atoms with van der Waals surface area (Å²) in [6, 6.07) is 10.3. The van der Waals surface area contributed by atoms with Crippen LogP contribution >= 0.6 is 0 Å². The average Bonchev–Trinajstić information content (AvgIpc) is 3.27. The van der Waals surface area contributed by atoms with E-state index in [1.54, 1.807) is 28.9 Å². The number of benzene rings is 1. The first-order chi connectivity index (χ1) is 15.1. The molecule has 10 heteroatoms. The van der Waals surface area contributed by atoms with E-state index in [1.165, 1.54) is 6.26 Å². The summed E-state index contributed by atoms with van der Waals surface area (Å²) in [4.78, 5) is 11.5. The first kappa shape index (κ1) is 21.6. The van der Waals surface area contributed by atoms with Crippen LogP contribution in [0.15, 0.2) is 63.7 Å². The van der Waals surface area contributed by atoms with Gasteiger partial charge in [0.15, 0.2) is 15.7 Å². The van der Waals surface area contributed by atoms with Gasteiger partial charge in [-0.1, -0.05) is 6.58 Å². The SMILES string of the molecule is C=C(C)N(C)c1ccc(N=C2C(C)=Nn3c2nnc3-c2ccc(S(C)(=O)=O)cc2)c(C)n1. The molecule has 4 rings (SSSR count). The number of nitrogens with zero attached hydrogens (tertiary/aromatic N) is 7. The third-order valence-electron chi connectivity index (χ3n) is 5.18. The van der Waals surface area contributed by atoms with Crippen molar-refractivity contribution in [2.75, 3.05) is 18.2 Å². The van der Waals surface area contributed by atoms with Crippen molar-refractivity contribution in [2.24, 2.45) is 10.1 Å². The smallest absolute Gasteiger partial charge is 0.205 e. The number of hydrogen-bond donors (Lipinski definition) is 0. The number of anilines is 1. The van der Waals surface area contributed by atoms with E-state index < -0.39 is 9.84 Å². The second-order valence-corrected chi connectivity index (χ2v) is 9.69. The number of fused-ring (bicyclic) bond motifs is 1. The van der Waals surface area contributed by atoms with E-state index in [0.717, 1.165) is 17.2 Å². The lowest BCUT2D eigenvalue weighted by atomic mass is 10.2. The molecule has 1 aliphatic rings. The van der Waals surface area contributed by atoms with Crippen LogP contribution in [0.3, 0.4) is 0 Å². The summed E-state index contributed by atoms with van der Waals surface area (Å²) in [5.41, 5.74) is 4.39. The number of hydrogen-bond acceptors (Lipinski definition) is 8. The van der Waals surface area contributed by atoms with Crippen molar-refractivity contribution >= 4 is 32.8 Å². The lowest BCUT2D eigenvalue weighted by Gasteiger charge is -2.18. The fourth-order valence-corrected chi connectivity index (χ4v) is 3.84.